The summed E-state index contributed by atoms with van der Waals surface area (Å²) in [5, 5.41) is 17.2. The Balaban J connectivity index is 2.16. The van der Waals surface area contributed by atoms with Gasteiger partial charge in [0.25, 0.3) is 0 Å². The monoisotopic (exact) mass is 359 g/mol. The highest BCUT2D eigenvalue weighted by atomic mass is 16.5. The van der Waals surface area contributed by atoms with Crippen molar-refractivity contribution in [1.82, 2.24) is 10.6 Å². The average Bonchev–Trinajstić information content (AvgIpc) is 3.15. The lowest BCUT2D eigenvalue weighted by Gasteiger charge is -2.22. The number of methoxy groups -OCH3 is 1. The van der Waals surface area contributed by atoms with Crippen LogP contribution in [-0.2, 0) is 5.60 Å². The van der Waals surface area contributed by atoms with Crippen molar-refractivity contribution in [3.63, 3.8) is 0 Å². The zero-order valence-corrected chi connectivity index (χ0v) is 16.2. The van der Waals surface area contributed by atoms with E-state index in [4.69, 9.17) is 9.15 Å². The highest BCUT2D eigenvalue weighted by Gasteiger charge is 2.26. The van der Waals surface area contributed by atoms with Crippen molar-refractivity contribution in [2.75, 3.05) is 20.2 Å². The number of rotatable bonds is 7. The molecule has 1 aromatic heterocycles. The maximum atomic E-state index is 10.6. The van der Waals surface area contributed by atoms with Gasteiger partial charge in [0.15, 0.2) is 5.96 Å². The van der Waals surface area contributed by atoms with E-state index in [1.54, 1.807) is 32.4 Å². The summed E-state index contributed by atoms with van der Waals surface area (Å²) in [6, 6.07) is 9.57. The summed E-state index contributed by atoms with van der Waals surface area (Å²) < 4.78 is 10.8. The normalized spacial score (nSPS) is 15.2. The first-order valence-corrected chi connectivity index (χ1v) is 8.83. The molecule has 142 valence electrons. The lowest BCUT2D eigenvalue weighted by Crippen LogP contribution is -2.40. The SMILES string of the molecule is CCNC(=NCC(C)(O)c1ccco1)NC(C)c1cc(C)ccc1OC. The molecular formula is C20H29N3O3. The maximum Gasteiger partial charge on any atom is 0.191 e. The van der Waals surface area contributed by atoms with Crippen LogP contribution in [0.1, 0.15) is 43.7 Å². The van der Waals surface area contributed by atoms with Gasteiger partial charge < -0.3 is 24.9 Å². The predicted molar refractivity (Wildman–Crippen MR) is 104 cm³/mol. The third-order valence-electron chi connectivity index (χ3n) is 4.15. The van der Waals surface area contributed by atoms with E-state index in [2.05, 4.69) is 35.5 Å². The molecular weight excluding hydrogens is 330 g/mol. The smallest absolute Gasteiger partial charge is 0.191 e. The summed E-state index contributed by atoms with van der Waals surface area (Å²) in [7, 11) is 1.67. The van der Waals surface area contributed by atoms with Gasteiger partial charge in [-0.1, -0.05) is 17.7 Å². The zero-order valence-electron chi connectivity index (χ0n) is 16.2. The molecule has 2 rings (SSSR count). The van der Waals surface area contributed by atoms with Gasteiger partial charge in [-0.25, -0.2) is 4.99 Å². The van der Waals surface area contributed by atoms with Crippen LogP contribution in [0.3, 0.4) is 0 Å². The number of hydrogen-bond donors (Lipinski definition) is 3. The van der Waals surface area contributed by atoms with Gasteiger partial charge in [0.2, 0.25) is 0 Å². The fourth-order valence-electron chi connectivity index (χ4n) is 2.69. The Labute approximate surface area is 155 Å². The quantitative estimate of drug-likeness (QED) is 0.523. The highest BCUT2D eigenvalue weighted by molar-refractivity contribution is 5.80. The van der Waals surface area contributed by atoms with E-state index in [1.807, 2.05) is 19.1 Å². The number of ether oxygens (including phenoxy) is 1. The second-order valence-corrected chi connectivity index (χ2v) is 6.56. The summed E-state index contributed by atoms with van der Waals surface area (Å²) in [6.45, 7) is 8.68. The van der Waals surface area contributed by atoms with Crippen LogP contribution < -0.4 is 15.4 Å². The molecule has 0 radical (unpaired) electrons. The minimum absolute atomic E-state index is 0.0174. The maximum absolute atomic E-state index is 10.6. The Hall–Kier alpha value is -2.47. The van der Waals surface area contributed by atoms with Crippen LogP contribution >= 0.6 is 0 Å². The van der Waals surface area contributed by atoms with Crippen molar-refractivity contribution in [1.29, 1.82) is 0 Å². The van der Waals surface area contributed by atoms with Crippen molar-refractivity contribution in [3.8, 4) is 5.75 Å². The van der Waals surface area contributed by atoms with E-state index < -0.39 is 5.60 Å². The molecule has 2 aromatic rings. The summed E-state index contributed by atoms with van der Waals surface area (Å²) in [6.07, 6.45) is 1.54. The Morgan fingerprint density at radius 1 is 1.38 bits per heavy atom. The third kappa shape index (κ3) is 5.02. The molecule has 0 aliphatic rings. The molecule has 0 saturated carbocycles. The Kier molecular flexibility index (Phi) is 6.69. The molecule has 0 aliphatic carbocycles. The fraction of sp³-hybridized carbons (Fsp3) is 0.450. The van der Waals surface area contributed by atoms with Crippen LogP contribution in [0.25, 0.3) is 0 Å². The number of nitrogens with one attached hydrogen (secondary N) is 2. The predicted octanol–water partition coefficient (Wildman–Crippen LogP) is 3.12. The van der Waals surface area contributed by atoms with E-state index >= 15 is 0 Å². The van der Waals surface area contributed by atoms with E-state index in [0.717, 1.165) is 16.9 Å². The molecule has 0 bridgehead atoms. The summed E-state index contributed by atoms with van der Waals surface area (Å²) in [5.41, 5.74) is 1.05. The van der Waals surface area contributed by atoms with Crippen molar-refractivity contribution in [2.24, 2.45) is 4.99 Å². The second kappa shape index (κ2) is 8.76. The topological polar surface area (TPSA) is 79.0 Å². The van der Waals surface area contributed by atoms with Crippen LogP contribution in [0.15, 0.2) is 46.0 Å². The molecule has 0 saturated heterocycles. The van der Waals surface area contributed by atoms with Crippen LogP contribution in [0.5, 0.6) is 5.75 Å². The van der Waals surface area contributed by atoms with Gasteiger partial charge in [-0.05, 0) is 45.9 Å². The van der Waals surface area contributed by atoms with Crippen molar-refractivity contribution in [3.05, 3.63) is 53.5 Å². The molecule has 1 heterocycles. The molecule has 1 aromatic carbocycles. The van der Waals surface area contributed by atoms with Gasteiger partial charge in [-0.2, -0.15) is 0 Å². The van der Waals surface area contributed by atoms with Crippen molar-refractivity contribution >= 4 is 5.96 Å². The standard InChI is InChI=1S/C20H29N3O3/c1-6-21-19(22-13-20(4,24)18-8-7-11-26-18)23-15(3)16-12-14(2)9-10-17(16)25-5/h7-12,15,24H,6,13H2,1-5H3,(H2,21,22,23). The van der Waals surface area contributed by atoms with Crippen LogP contribution in [-0.4, -0.2) is 31.3 Å². The lowest BCUT2D eigenvalue weighted by molar-refractivity contribution is 0.0437. The molecule has 3 N–H and O–H groups in total. The summed E-state index contributed by atoms with van der Waals surface area (Å²) in [5.74, 6) is 1.94. The van der Waals surface area contributed by atoms with Gasteiger partial charge >= 0.3 is 0 Å². The van der Waals surface area contributed by atoms with Crippen LogP contribution in [0.4, 0.5) is 0 Å². The molecule has 6 heteroatoms. The molecule has 0 amide bonds. The van der Waals surface area contributed by atoms with E-state index in [-0.39, 0.29) is 12.6 Å². The fourth-order valence-corrected chi connectivity index (χ4v) is 2.69. The second-order valence-electron chi connectivity index (χ2n) is 6.56. The molecule has 2 unspecified atom stereocenters. The number of hydrogen-bond acceptors (Lipinski definition) is 4. The molecule has 6 nitrogen and oxygen atoms in total. The van der Waals surface area contributed by atoms with Gasteiger partial charge in [0, 0.05) is 12.1 Å². The molecule has 0 aliphatic heterocycles. The van der Waals surface area contributed by atoms with Crippen LogP contribution in [0.2, 0.25) is 0 Å². The van der Waals surface area contributed by atoms with Crippen molar-refractivity contribution < 1.29 is 14.3 Å². The van der Waals surface area contributed by atoms with E-state index in [0.29, 0.717) is 18.3 Å². The first kappa shape index (κ1) is 19.8. The number of benzene rings is 1. The lowest BCUT2D eigenvalue weighted by atomic mass is 10.0. The molecule has 0 fully saturated rings. The van der Waals surface area contributed by atoms with Gasteiger partial charge in [0.05, 0.1) is 26.0 Å². The Morgan fingerprint density at radius 3 is 2.77 bits per heavy atom. The van der Waals surface area contributed by atoms with Gasteiger partial charge in [-0.3, -0.25) is 0 Å². The summed E-state index contributed by atoms with van der Waals surface area (Å²) in [4.78, 5) is 4.53. The van der Waals surface area contributed by atoms with Gasteiger partial charge in [0.1, 0.15) is 17.1 Å². The van der Waals surface area contributed by atoms with E-state index in [9.17, 15) is 5.11 Å². The van der Waals surface area contributed by atoms with Gasteiger partial charge in [-0.15, -0.1) is 0 Å². The van der Waals surface area contributed by atoms with Crippen molar-refractivity contribution in [2.45, 2.75) is 39.3 Å². The Morgan fingerprint density at radius 2 is 2.15 bits per heavy atom. The number of aliphatic hydroxyl groups is 1. The first-order valence-electron chi connectivity index (χ1n) is 8.83. The number of furan rings is 1. The Bertz CT molecular complexity index is 724. The number of aliphatic imine (C=N–C) groups is 1. The molecule has 2 atom stereocenters. The zero-order chi connectivity index (χ0) is 19.2. The van der Waals surface area contributed by atoms with E-state index in [1.165, 1.54) is 0 Å². The average molecular weight is 359 g/mol. The molecule has 26 heavy (non-hydrogen) atoms. The largest absolute Gasteiger partial charge is 0.496 e. The number of nitrogens with zero attached hydrogens (tertiary/aromatic N) is 1. The first-order chi connectivity index (χ1) is 12.4. The number of guanidine groups is 1. The number of aryl methyl sites for hydroxylation is 1. The highest BCUT2D eigenvalue weighted by Crippen LogP contribution is 2.26. The minimum atomic E-state index is -1.17. The van der Waals surface area contributed by atoms with Crippen LogP contribution in [0, 0.1) is 6.92 Å². The third-order valence-corrected chi connectivity index (χ3v) is 4.15. The molecule has 0 spiro atoms. The minimum Gasteiger partial charge on any atom is -0.496 e. The summed E-state index contributed by atoms with van der Waals surface area (Å²) >= 11 is 0.